The van der Waals surface area contributed by atoms with Crippen molar-refractivity contribution in [2.45, 2.75) is 34.6 Å². The average molecular weight is 258 g/mol. The first-order chi connectivity index (χ1) is 8.81. The van der Waals surface area contributed by atoms with Crippen LogP contribution in [0.4, 0.5) is 0 Å². The molecule has 0 aliphatic heterocycles. The maximum Gasteiger partial charge on any atom is 0.149 e. The molecule has 102 valence electrons. The Balaban J connectivity index is 0.000000191. The van der Waals surface area contributed by atoms with Gasteiger partial charge < -0.3 is 5.84 Å². The second-order valence-corrected chi connectivity index (χ2v) is 4.87. The molecule has 0 atom stereocenters. The summed E-state index contributed by atoms with van der Waals surface area (Å²) in [6, 6.07) is 6.56. The van der Waals surface area contributed by atoms with Crippen LogP contribution < -0.4 is 11.3 Å². The molecule has 0 unspecified atom stereocenters. The van der Waals surface area contributed by atoms with Gasteiger partial charge in [0.05, 0.1) is 0 Å². The molecule has 2 aromatic rings. The normalized spacial score (nSPS) is 9.74. The van der Waals surface area contributed by atoms with Crippen LogP contribution >= 0.6 is 0 Å². The highest BCUT2D eigenvalue weighted by molar-refractivity contribution is 5.27. The summed E-state index contributed by atoms with van der Waals surface area (Å²) in [6.07, 6.45) is 1.64. The van der Waals surface area contributed by atoms with Crippen LogP contribution in [-0.4, -0.2) is 9.66 Å². The lowest BCUT2D eigenvalue weighted by Gasteiger charge is -2.03. The third-order valence-electron chi connectivity index (χ3n) is 2.77. The first kappa shape index (κ1) is 15.0. The minimum Gasteiger partial charge on any atom is -0.336 e. The smallest absolute Gasteiger partial charge is 0.149 e. The molecule has 0 fully saturated rings. The minimum absolute atomic E-state index is 0.313. The van der Waals surface area contributed by atoms with E-state index in [4.69, 9.17) is 11.3 Å². The number of nitrogens with zero attached hydrogens (tertiary/aromatic N) is 2. The van der Waals surface area contributed by atoms with Crippen molar-refractivity contribution in [2.24, 2.45) is 0 Å². The fourth-order valence-corrected chi connectivity index (χ4v) is 1.87. The molecule has 0 bridgehead atoms. The molecule has 0 aliphatic rings. The van der Waals surface area contributed by atoms with E-state index in [9.17, 15) is 0 Å². The quantitative estimate of drug-likeness (QED) is 0.712. The van der Waals surface area contributed by atoms with E-state index in [0.29, 0.717) is 11.3 Å². The largest absolute Gasteiger partial charge is 0.336 e. The summed E-state index contributed by atoms with van der Waals surface area (Å²) in [6.45, 7) is 9.94. The molecule has 2 rings (SSSR count). The lowest BCUT2D eigenvalue weighted by atomic mass is 10.1. The number of nitrogen functional groups attached to an aromatic ring is 1. The van der Waals surface area contributed by atoms with Crippen LogP contribution in [0.2, 0.25) is 0 Å². The lowest BCUT2D eigenvalue weighted by molar-refractivity contribution is 0.781. The Morgan fingerprint density at radius 1 is 0.947 bits per heavy atom. The molecule has 1 aromatic heterocycles. The molecule has 4 heteroatoms. The van der Waals surface area contributed by atoms with Gasteiger partial charge in [0.2, 0.25) is 0 Å². The summed E-state index contributed by atoms with van der Waals surface area (Å²) in [5.41, 5.74) is 5.16. The maximum absolute atomic E-state index is 7.38. The summed E-state index contributed by atoms with van der Waals surface area (Å²) >= 11 is 0. The Morgan fingerprint density at radius 2 is 1.37 bits per heavy atom. The van der Waals surface area contributed by atoms with Crippen LogP contribution in [0.25, 0.3) is 0 Å². The molecule has 0 radical (unpaired) electrons. The number of hydrogen-bond acceptors (Lipinski definition) is 3. The molecule has 4 nitrogen and oxygen atoms in total. The fourth-order valence-electron chi connectivity index (χ4n) is 1.87. The lowest BCUT2D eigenvalue weighted by Crippen LogP contribution is -2.31. The zero-order chi connectivity index (χ0) is 14.6. The standard InChI is InChI=1S/C9H12.C6H10N4/c1-7-4-8(2)6-9(3)5-7;1-4-3-9-5(2)10(8)6(4)7/h4-6H,1-3H3;3,7H,8H2,1-2H3. The van der Waals surface area contributed by atoms with Crippen molar-refractivity contribution < 1.29 is 0 Å². The summed E-state index contributed by atoms with van der Waals surface area (Å²) in [5, 5.41) is 7.38. The van der Waals surface area contributed by atoms with Crippen molar-refractivity contribution in [3.05, 3.63) is 58.0 Å². The molecule has 3 N–H and O–H groups in total. The third kappa shape index (κ3) is 4.25. The molecular weight excluding hydrogens is 236 g/mol. The molecule has 1 heterocycles. The van der Waals surface area contributed by atoms with E-state index in [2.05, 4.69) is 44.0 Å². The number of aryl methyl sites for hydroxylation is 5. The Kier molecular flexibility index (Phi) is 4.87. The van der Waals surface area contributed by atoms with E-state index < -0.39 is 0 Å². The first-order valence-corrected chi connectivity index (χ1v) is 6.21. The number of rotatable bonds is 0. The van der Waals surface area contributed by atoms with Gasteiger partial charge in [-0.2, -0.15) is 0 Å². The van der Waals surface area contributed by atoms with Gasteiger partial charge in [-0.15, -0.1) is 0 Å². The SMILES string of the molecule is Cc1cc(C)cc(C)c1.Cc1cnc(C)n(N)c1=N. The van der Waals surface area contributed by atoms with Gasteiger partial charge in [0, 0.05) is 11.8 Å². The second kappa shape index (κ2) is 6.18. The highest BCUT2D eigenvalue weighted by Gasteiger charge is 1.94. The van der Waals surface area contributed by atoms with Gasteiger partial charge >= 0.3 is 0 Å². The van der Waals surface area contributed by atoms with Gasteiger partial charge in [-0.05, 0) is 34.6 Å². The zero-order valence-corrected chi connectivity index (χ0v) is 12.3. The summed E-state index contributed by atoms with van der Waals surface area (Å²) in [4.78, 5) is 3.96. The van der Waals surface area contributed by atoms with Crippen molar-refractivity contribution in [1.82, 2.24) is 9.66 Å². The number of nitrogens with two attached hydrogens (primary N) is 1. The maximum atomic E-state index is 7.38. The Hall–Kier alpha value is -2.10. The van der Waals surface area contributed by atoms with E-state index in [1.165, 1.54) is 21.4 Å². The highest BCUT2D eigenvalue weighted by atomic mass is 15.3. The van der Waals surface area contributed by atoms with Crippen molar-refractivity contribution in [2.75, 3.05) is 5.84 Å². The third-order valence-corrected chi connectivity index (χ3v) is 2.77. The average Bonchev–Trinajstić information content (AvgIpc) is 2.30. The van der Waals surface area contributed by atoms with Gasteiger partial charge in [0.1, 0.15) is 11.3 Å². The number of benzene rings is 1. The molecule has 19 heavy (non-hydrogen) atoms. The van der Waals surface area contributed by atoms with E-state index in [1.54, 1.807) is 20.0 Å². The molecule has 0 saturated carbocycles. The van der Waals surface area contributed by atoms with Crippen LogP contribution in [0.5, 0.6) is 0 Å². The number of nitrogens with one attached hydrogen (secondary N) is 1. The van der Waals surface area contributed by atoms with Gasteiger partial charge in [-0.3, -0.25) is 5.41 Å². The summed E-state index contributed by atoms with van der Waals surface area (Å²) in [7, 11) is 0. The molecule has 0 amide bonds. The predicted octanol–water partition coefficient (Wildman–Crippen LogP) is 2.31. The Labute approximate surface area is 114 Å². The van der Waals surface area contributed by atoms with Crippen LogP contribution in [-0.2, 0) is 0 Å². The van der Waals surface area contributed by atoms with Crippen LogP contribution in [0.1, 0.15) is 28.1 Å². The van der Waals surface area contributed by atoms with E-state index in [0.717, 1.165) is 5.56 Å². The summed E-state index contributed by atoms with van der Waals surface area (Å²) in [5.74, 6) is 6.10. The van der Waals surface area contributed by atoms with Crippen LogP contribution in [0.3, 0.4) is 0 Å². The van der Waals surface area contributed by atoms with Gasteiger partial charge in [0.15, 0.2) is 0 Å². The molecule has 1 aromatic carbocycles. The Morgan fingerprint density at radius 3 is 1.74 bits per heavy atom. The zero-order valence-electron chi connectivity index (χ0n) is 12.3. The first-order valence-electron chi connectivity index (χ1n) is 6.21. The molecule has 0 aliphatic carbocycles. The number of hydrogen-bond donors (Lipinski definition) is 2. The van der Waals surface area contributed by atoms with Crippen LogP contribution in [0.15, 0.2) is 24.4 Å². The van der Waals surface area contributed by atoms with Crippen molar-refractivity contribution in [3.8, 4) is 0 Å². The van der Waals surface area contributed by atoms with Gasteiger partial charge in [0.25, 0.3) is 0 Å². The fraction of sp³-hybridized carbons (Fsp3) is 0.333. The van der Waals surface area contributed by atoms with E-state index in [1.807, 2.05) is 0 Å². The number of aromatic nitrogens is 2. The predicted molar refractivity (Wildman–Crippen MR) is 78.4 cm³/mol. The van der Waals surface area contributed by atoms with Crippen LogP contribution in [0, 0.1) is 40.0 Å². The van der Waals surface area contributed by atoms with Gasteiger partial charge in [-0.25, -0.2) is 9.66 Å². The van der Waals surface area contributed by atoms with Crippen molar-refractivity contribution >= 4 is 0 Å². The molecule has 0 spiro atoms. The van der Waals surface area contributed by atoms with E-state index >= 15 is 0 Å². The van der Waals surface area contributed by atoms with Crippen molar-refractivity contribution in [3.63, 3.8) is 0 Å². The van der Waals surface area contributed by atoms with Crippen molar-refractivity contribution in [1.29, 1.82) is 5.41 Å². The highest BCUT2D eigenvalue weighted by Crippen LogP contribution is 2.06. The summed E-state index contributed by atoms with van der Waals surface area (Å²) < 4.78 is 1.26. The molecule has 0 saturated heterocycles. The monoisotopic (exact) mass is 258 g/mol. The minimum atomic E-state index is 0.313. The van der Waals surface area contributed by atoms with Gasteiger partial charge in [-0.1, -0.05) is 34.9 Å². The topological polar surface area (TPSA) is 67.7 Å². The van der Waals surface area contributed by atoms with E-state index in [-0.39, 0.29) is 0 Å². The second-order valence-electron chi connectivity index (χ2n) is 4.87. The molecular formula is C15H22N4. The Bertz CT molecular complexity index is 576.